The topological polar surface area (TPSA) is 98.1 Å². The second-order valence-corrected chi connectivity index (χ2v) is 8.96. The van der Waals surface area contributed by atoms with Gasteiger partial charge in [-0.15, -0.1) is 0 Å². The van der Waals surface area contributed by atoms with Crippen LogP contribution in [0, 0.1) is 0 Å². The molecule has 1 aliphatic heterocycles. The highest BCUT2D eigenvalue weighted by Gasteiger charge is 2.29. The molecule has 5 rings (SSSR count). The maximum atomic E-state index is 13.1. The number of hydrogen-bond donors (Lipinski definition) is 2. The Kier molecular flexibility index (Phi) is 6.08. The summed E-state index contributed by atoms with van der Waals surface area (Å²) < 4.78 is 7.26. The highest BCUT2D eigenvalue weighted by molar-refractivity contribution is 6.39. The van der Waals surface area contributed by atoms with Gasteiger partial charge in [0, 0.05) is 48.9 Å². The van der Waals surface area contributed by atoms with E-state index in [1.165, 1.54) is 4.57 Å². The molecule has 0 bridgehead atoms. The number of halogens is 2. The summed E-state index contributed by atoms with van der Waals surface area (Å²) in [6, 6.07) is 12.4. The lowest BCUT2D eigenvalue weighted by Gasteiger charge is -2.12. The second kappa shape index (κ2) is 9.20. The fraction of sp³-hybridized carbons (Fsp3) is 0.200. The quantitative estimate of drug-likeness (QED) is 0.411. The minimum Gasteiger partial charge on any atom is -0.480 e. The van der Waals surface area contributed by atoms with Gasteiger partial charge in [0.25, 0.3) is 11.5 Å². The Balaban J connectivity index is 1.45. The number of likely N-dealkylation sites (N-methyl/N-ethyl adjacent to an activating group) is 1. The lowest BCUT2D eigenvalue weighted by atomic mass is 10.1. The van der Waals surface area contributed by atoms with Crippen LogP contribution in [0.1, 0.15) is 12.5 Å². The van der Waals surface area contributed by atoms with E-state index in [4.69, 9.17) is 27.9 Å². The van der Waals surface area contributed by atoms with Crippen LogP contribution in [0.3, 0.4) is 0 Å². The molecule has 3 heterocycles. The molecule has 2 N–H and O–H groups in total. The summed E-state index contributed by atoms with van der Waals surface area (Å²) in [6.07, 6.45) is 1.62. The predicted molar refractivity (Wildman–Crippen MR) is 137 cm³/mol. The first-order chi connectivity index (χ1) is 16.9. The molecule has 0 saturated heterocycles. The van der Waals surface area contributed by atoms with Crippen LogP contribution in [0.5, 0.6) is 5.75 Å². The van der Waals surface area contributed by atoms with E-state index < -0.39 is 6.10 Å². The molecular formula is C25H21Cl2N5O3. The number of nitrogens with zero attached hydrogens (tertiary/aromatic N) is 3. The van der Waals surface area contributed by atoms with Gasteiger partial charge in [-0.3, -0.25) is 14.2 Å². The summed E-state index contributed by atoms with van der Waals surface area (Å²) in [7, 11) is 1.64. The molecule has 0 spiro atoms. The van der Waals surface area contributed by atoms with Crippen LogP contribution >= 0.6 is 23.2 Å². The van der Waals surface area contributed by atoms with E-state index in [0.29, 0.717) is 62.6 Å². The van der Waals surface area contributed by atoms with Gasteiger partial charge in [-0.25, -0.2) is 4.98 Å². The zero-order valence-corrected chi connectivity index (χ0v) is 20.4. The first kappa shape index (κ1) is 23.1. The van der Waals surface area contributed by atoms with Gasteiger partial charge >= 0.3 is 0 Å². The number of carbonyl (C=O) groups is 1. The Bertz CT molecular complexity index is 1520. The van der Waals surface area contributed by atoms with Crippen molar-refractivity contribution < 1.29 is 9.53 Å². The van der Waals surface area contributed by atoms with Gasteiger partial charge < -0.3 is 15.4 Å². The third-order valence-electron chi connectivity index (χ3n) is 5.82. The number of fused-ring (bicyclic) bond motifs is 2. The van der Waals surface area contributed by atoms with Crippen molar-refractivity contribution in [2.45, 2.75) is 19.4 Å². The number of benzene rings is 2. The predicted octanol–water partition coefficient (Wildman–Crippen LogP) is 4.49. The van der Waals surface area contributed by atoms with Gasteiger partial charge in [-0.2, -0.15) is 4.98 Å². The first-order valence-electron chi connectivity index (χ1n) is 11.0. The number of pyridine rings is 1. The Morgan fingerprint density at radius 3 is 2.71 bits per heavy atom. The molecule has 8 nitrogen and oxygen atoms in total. The van der Waals surface area contributed by atoms with Crippen molar-refractivity contribution in [2.24, 2.45) is 7.05 Å². The maximum Gasteiger partial charge on any atom is 0.261 e. The van der Waals surface area contributed by atoms with E-state index in [9.17, 15) is 9.59 Å². The SMILES string of the molecule is CCNC(=O)C1Cc2ccc(Nc3ncc4cc(-c5c(Cl)cccc5Cl)c(=O)n(C)c4n3)cc2O1. The molecule has 1 unspecified atom stereocenters. The van der Waals surface area contributed by atoms with Crippen LogP contribution in [0.4, 0.5) is 11.6 Å². The summed E-state index contributed by atoms with van der Waals surface area (Å²) in [5.41, 5.74) is 2.68. The average molecular weight is 510 g/mol. The number of rotatable bonds is 5. The molecule has 0 fully saturated rings. The Morgan fingerprint density at radius 2 is 1.97 bits per heavy atom. The molecule has 4 aromatic rings. The normalized spacial score (nSPS) is 14.5. The van der Waals surface area contributed by atoms with Crippen molar-refractivity contribution in [1.82, 2.24) is 19.9 Å². The summed E-state index contributed by atoms with van der Waals surface area (Å²) in [6.45, 7) is 2.42. The summed E-state index contributed by atoms with van der Waals surface area (Å²) >= 11 is 12.7. The van der Waals surface area contributed by atoms with E-state index >= 15 is 0 Å². The Hall–Kier alpha value is -3.62. The van der Waals surface area contributed by atoms with E-state index in [1.54, 1.807) is 37.5 Å². The molecule has 1 atom stereocenters. The van der Waals surface area contributed by atoms with Gasteiger partial charge in [0.15, 0.2) is 6.10 Å². The number of carbonyl (C=O) groups excluding carboxylic acids is 1. The maximum absolute atomic E-state index is 13.1. The van der Waals surface area contributed by atoms with Crippen LogP contribution < -0.4 is 20.9 Å². The smallest absolute Gasteiger partial charge is 0.261 e. The van der Waals surface area contributed by atoms with E-state index in [-0.39, 0.29) is 11.5 Å². The van der Waals surface area contributed by atoms with Crippen LogP contribution in [0.25, 0.3) is 22.2 Å². The van der Waals surface area contributed by atoms with E-state index in [1.807, 2.05) is 25.1 Å². The molecular weight excluding hydrogens is 489 g/mol. The molecule has 0 saturated carbocycles. The van der Waals surface area contributed by atoms with Crippen molar-refractivity contribution in [1.29, 1.82) is 0 Å². The lowest BCUT2D eigenvalue weighted by molar-refractivity contribution is -0.127. The monoisotopic (exact) mass is 509 g/mol. The fourth-order valence-corrected chi connectivity index (χ4v) is 4.71. The Morgan fingerprint density at radius 1 is 1.20 bits per heavy atom. The van der Waals surface area contributed by atoms with Crippen LogP contribution in [-0.2, 0) is 18.3 Å². The molecule has 10 heteroatoms. The molecule has 178 valence electrons. The van der Waals surface area contributed by atoms with Crippen molar-refractivity contribution in [2.75, 3.05) is 11.9 Å². The fourth-order valence-electron chi connectivity index (χ4n) is 4.11. The number of nitrogens with one attached hydrogen (secondary N) is 2. The molecule has 1 amide bonds. The van der Waals surface area contributed by atoms with Crippen molar-refractivity contribution in [3.63, 3.8) is 0 Å². The minimum atomic E-state index is -0.535. The molecule has 35 heavy (non-hydrogen) atoms. The zero-order valence-electron chi connectivity index (χ0n) is 18.9. The molecule has 2 aromatic carbocycles. The van der Waals surface area contributed by atoms with Gasteiger partial charge in [-0.1, -0.05) is 35.3 Å². The summed E-state index contributed by atoms with van der Waals surface area (Å²) in [5, 5.41) is 7.37. The van der Waals surface area contributed by atoms with Crippen molar-refractivity contribution in [3.8, 4) is 16.9 Å². The third kappa shape index (κ3) is 4.31. The zero-order chi connectivity index (χ0) is 24.7. The standard InChI is InChI=1S/C25H21Cl2N5O3/c1-3-28-23(33)20-10-13-7-8-15(11-19(13)35-20)30-25-29-12-14-9-16(24(34)32(2)22(14)31-25)21-17(26)5-4-6-18(21)27/h4-9,11-12,20H,3,10H2,1-2H3,(H,28,33)(H,29,30,31). The van der Waals surface area contributed by atoms with E-state index in [2.05, 4.69) is 20.6 Å². The van der Waals surface area contributed by atoms with Crippen molar-refractivity contribution in [3.05, 3.63) is 74.6 Å². The largest absolute Gasteiger partial charge is 0.480 e. The Labute approximate surface area is 210 Å². The van der Waals surface area contributed by atoms with Crippen LogP contribution in [0.15, 0.2) is 53.5 Å². The third-order valence-corrected chi connectivity index (χ3v) is 6.45. The van der Waals surface area contributed by atoms with Gasteiger partial charge in [0.2, 0.25) is 5.95 Å². The number of ether oxygens (including phenoxy) is 1. The highest BCUT2D eigenvalue weighted by atomic mass is 35.5. The summed E-state index contributed by atoms with van der Waals surface area (Å²) in [5.74, 6) is 0.824. The number of amides is 1. The van der Waals surface area contributed by atoms with Crippen LogP contribution in [-0.4, -0.2) is 33.1 Å². The number of aromatic nitrogens is 3. The second-order valence-electron chi connectivity index (χ2n) is 8.14. The molecule has 0 aliphatic carbocycles. The average Bonchev–Trinajstić information content (AvgIpc) is 3.26. The van der Waals surface area contributed by atoms with Gasteiger partial charge in [0.1, 0.15) is 11.4 Å². The molecule has 0 radical (unpaired) electrons. The van der Waals surface area contributed by atoms with Crippen molar-refractivity contribution >= 4 is 51.8 Å². The molecule has 2 aromatic heterocycles. The van der Waals surface area contributed by atoms with E-state index in [0.717, 1.165) is 5.56 Å². The molecule has 1 aliphatic rings. The number of hydrogen-bond acceptors (Lipinski definition) is 6. The lowest BCUT2D eigenvalue weighted by Crippen LogP contribution is -2.37. The minimum absolute atomic E-state index is 0.130. The van der Waals surface area contributed by atoms with Crippen LogP contribution in [0.2, 0.25) is 10.0 Å². The number of anilines is 2. The van der Waals surface area contributed by atoms with Gasteiger partial charge in [-0.05, 0) is 36.8 Å². The highest BCUT2D eigenvalue weighted by Crippen LogP contribution is 2.34. The van der Waals surface area contributed by atoms with Gasteiger partial charge in [0.05, 0.1) is 15.6 Å². The first-order valence-corrected chi connectivity index (χ1v) is 11.8. The number of aryl methyl sites for hydroxylation is 1. The summed E-state index contributed by atoms with van der Waals surface area (Å²) in [4.78, 5) is 34.2.